The summed E-state index contributed by atoms with van der Waals surface area (Å²) < 4.78 is 1.47. The van der Waals surface area contributed by atoms with E-state index in [1.165, 1.54) is 10.8 Å². The van der Waals surface area contributed by atoms with E-state index in [0.717, 1.165) is 17.4 Å². The van der Waals surface area contributed by atoms with E-state index >= 15 is 0 Å². The van der Waals surface area contributed by atoms with Crippen molar-refractivity contribution in [2.75, 3.05) is 0 Å². The number of hydrogen-bond acceptors (Lipinski definition) is 2. The van der Waals surface area contributed by atoms with E-state index in [0.29, 0.717) is 27.1 Å². The molecule has 3 nitrogen and oxygen atoms in total. The highest BCUT2D eigenvalue weighted by molar-refractivity contribution is 6.36. The molecule has 4 heteroatoms. The van der Waals surface area contributed by atoms with Gasteiger partial charge in [0.2, 0.25) is 0 Å². The average Bonchev–Trinajstić information content (AvgIpc) is 3.08. The van der Waals surface area contributed by atoms with Gasteiger partial charge in [-0.25, -0.2) is 0 Å². The molecule has 0 aliphatic rings. The average molecular weight is 360 g/mol. The Morgan fingerprint density at radius 3 is 2.23 bits per heavy atom. The summed E-state index contributed by atoms with van der Waals surface area (Å²) in [6.45, 7) is 0. The van der Waals surface area contributed by atoms with Gasteiger partial charge in [-0.15, -0.1) is 0 Å². The first-order valence-corrected chi connectivity index (χ1v) is 8.52. The highest BCUT2D eigenvalue weighted by Crippen LogP contribution is 2.28. The number of halogens is 1. The van der Waals surface area contributed by atoms with E-state index < -0.39 is 0 Å². The van der Waals surface area contributed by atoms with Crippen LogP contribution in [-0.2, 0) is 0 Å². The van der Waals surface area contributed by atoms with Crippen LogP contribution in [0.3, 0.4) is 0 Å². The van der Waals surface area contributed by atoms with Crippen molar-refractivity contribution in [3.63, 3.8) is 0 Å². The van der Waals surface area contributed by atoms with Crippen LogP contribution in [0.4, 0.5) is 0 Å². The summed E-state index contributed by atoms with van der Waals surface area (Å²) in [5.41, 5.74) is 3.69. The Balaban J connectivity index is 1.76. The molecular formula is C22H14ClNO2. The maximum atomic E-state index is 13.0. The quantitative estimate of drug-likeness (QED) is 0.455. The van der Waals surface area contributed by atoms with Crippen LogP contribution in [-0.4, -0.2) is 16.8 Å². The minimum atomic E-state index is -0.204. The van der Waals surface area contributed by atoms with Crippen molar-refractivity contribution in [2.45, 2.75) is 0 Å². The van der Waals surface area contributed by atoms with Crippen LogP contribution in [0, 0.1) is 0 Å². The second-order valence-corrected chi connectivity index (χ2v) is 6.36. The van der Waals surface area contributed by atoms with E-state index in [1.54, 1.807) is 30.3 Å². The van der Waals surface area contributed by atoms with E-state index in [9.17, 15) is 9.59 Å². The molecule has 0 unspecified atom stereocenters. The van der Waals surface area contributed by atoms with E-state index in [-0.39, 0.29) is 5.91 Å². The first-order valence-electron chi connectivity index (χ1n) is 8.14. The summed E-state index contributed by atoms with van der Waals surface area (Å²) in [4.78, 5) is 24.3. The fourth-order valence-electron chi connectivity index (χ4n) is 3.10. The van der Waals surface area contributed by atoms with E-state index in [4.69, 9.17) is 11.6 Å². The number of aldehydes is 1. The third-order valence-electron chi connectivity index (χ3n) is 4.39. The smallest absolute Gasteiger partial charge is 0.262 e. The van der Waals surface area contributed by atoms with Gasteiger partial charge in [-0.3, -0.25) is 14.2 Å². The summed E-state index contributed by atoms with van der Waals surface area (Å²) >= 11 is 6.21. The Bertz CT molecular complexity index is 1110. The van der Waals surface area contributed by atoms with Crippen LogP contribution < -0.4 is 0 Å². The first kappa shape index (κ1) is 16.3. The summed E-state index contributed by atoms with van der Waals surface area (Å²) in [6, 6.07) is 22.6. The summed E-state index contributed by atoms with van der Waals surface area (Å²) in [5.74, 6) is -0.204. The molecule has 4 aromatic rings. The molecular weight excluding hydrogens is 346 g/mol. The topological polar surface area (TPSA) is 39.1 Å². The van der Waals surface area contributed by atoms with Crippen LogP contribution >= 0.6 is 11.6 Å². The Morgan fingerprint density at radius 1 is 0.846 bits per heavy atom. The zero-order chi connectivity index (χ0) is 18.1. The van der Waals surface area contributed by atoms with Crippen molar-refractivity contribution in [3.8, 4) is 11.1 Å². The molecule has 0 aliphatic heterocycles. The highest BCUT2D eigenvalue weighted by Gasteiger charge is 2.17. The number of rotatable bonds is 3. The predicted octanol–water partition coefficient (Wildman–Crippen LogP) is 5.46. The number of fused-ring (bicyclic) bond motifs is 1. The molecule has 4 rings (SSSR count). The van der Waals surface area contributed by atoms with Gasteiger partial charge in [-0.05, 0) is 35.4 Å². The third kappa shape index (κ3) is 2.72. The van der Waals surface area contributed by atoms with Gasteiger partial charge in [-0.2, -0.15) is 0 Å². The summed E-state index contributed by atoms with van der Waals surface area (Å²) in [7, 11) is 0. The number of nitrogens with zero attached hydrogens (tertiary/aromatic N) is 1. The van der Waals surface area contributed by atoms with Gasteiger partial charge in [0.15, 0.2) is 6.29 Å². The summed E-state index contributed by atoms with van der Waals surface area (Å²) in [5, 5.41) is 1.05. The first-order chi connectivity index (χ1) is 12.7. The highest BCUT2D eigenvalue weighted by atomic mass is 35.5. The minimum absolute atomic E-state index is 0.204. The van der Waals surface area contributed by atoms with Gasteiger partial charge in [0, 0.05) is 22.7 Å². The molecule has 3 aromatic carbocycles. The van der Waals surface area contributed by atoms with Gasteiger partial charge in [0.1, 0.15) is 0 Å². The lowest BCUT2D eigenvalue weighted by molar-refractivity contribution is 0.0965. The van der Waals surface area contributed by atoms with E-state index in [1.807, 2.05) is 42.5 Å². The molecule has 126 valence electrons. The fraction of sp³-hybridized carbons (Fsp3) is 0. The SMILES string of the molecule is O=Cc1cn(C(=O)c2ccc(-c3ccccc3)cc2)c2cccc(Cl)c12. The summed E-state index contributed by atoms with van der Waals surface area (Å²) in [6.07, 6.45) is 2.26. The van der Waals surface area contributed by atoms with E-state index in [2.05, 4.69) is 0 Å². The number of aromatic nitrogens is 1. The standard InChI is InChI=1S/C22H14ClNO2/c23-19-7-4-8-20-21(19)18(14-25)13-24(20)22(26)17-11-9-16(10-12-17)15-5-2-1-3-6-15/h1-14H. The maximum absolute atomic E-state index is 13.0. The molecule has 0 amide bonds. The van der Waals surface area contributed by atoms with Crippen molar-refractivity contribution < 1.29 is 9.59 Å². The number of carbonyl (C=O) groups is 2. The number of hydrogen-bond donors (Lipinski definition) is 0. The van der Waals surface area contributed by atoms with Gasteiger partial charge in [-0.1, -0.05) is 60.1 Å². The Labute approximate surface area is 155 Å². The van der Waals surface area contributed by atoms with Crippen LogP contribution in [0.2, 0.25) is 5.02 Å². The molecule has 0 saturated heterocycles. The van der Waals surface area contributed by atoms with Gasteiger partial charge in [0.05, 0.1) is 10.5 Å². The Hall–Kier alpha value is -3.17. The van der Waals surface area contributed by atoms with Gasteiger partial charge < -0.3 is 0 Å². The molecule has 0 bridgehead atoms. The van der Waals surface area contributed by atoms with Gasteiger partial charge >= 0.3 is 0 Å². The Morgan fingerprint density at radius 2 is 1.54 bits per heavy atom. The third-order valence-corrected chi connectivity index (χ3v) is 4.71. The predicted molar refractivity (Wildman–Crippen MR) is 104 cm³/mol. The minimum Gasteiger partial charge on any atom is -0.298 e. The van der Waals surface area contributed by atoms with Crippen molar-refractivity contribution in [2.24, 2.45) is 0 Å². The Kier molecular flexibility index (Phi) is 4.15. The number of carbonyl (C=O) groups excluding carboxylic acids is 2. The molecule has 0 spiro atoms. The largest absolute Gasteiger partial charge is 0.298 e. The fourth-order valence-corrected chi connectivity index (χ4v) is 3.38. The molecule has 1 aromatic heterocycles. The molecule has 0 atom stereocenters. The monoisotopic (exact) mass is 359 g/mol. The molecule has 0 aliphatic carbocycles. The lowest BCUT2D eigenvalue weighted by Gasteiger charge is -2.06. The lowest BCUT2D eigenvalue weighted by Crippen LogP contribution is -2.10. The van der Waals surface area contributed by atoms with Crippen molar-refractivity contribution in [1.29, 1.82) is 0 Å². The van der Waals surface area contributed by atoms with Crippen LogP contribution in [0.5, 0.6) is 0 Å². The normalized spacial score (nSPS) is 10.8. The van der Waals surface area contributed by atoms with Crippen LogP contribution in [0.25, 0.3) is 22.0 Å². The molecule has 0 N–H and O–H groups in total. The second kappa shape index (κ2) is 6.62. The number of benzene rings is 3. The molecule has 0 saturated carbocycles. The maximum Gasteiger partial charge on any atom is 0.262 e. The van der Waals surface area contributed by atoms with Gasteiger partial charge in [0.25, 0.3) is 5.91 Å². The molecule has 1 heterocycles. The van der Waals surface area contributed by atoms with Crippen molar-refractivity contribution in [1.82, 2.24) is 4.57 Å². The zero-order valence-corrected chi connectivity index (χ0v) is 14.5. The zero-order valence-electron chi connectivity index (χ0n) is 13.7. The van der Waals surface area contributed by atoms with Crippen LogP contribution in [0.1, 0.15) is 20.7 Å². The second-order valence-electron chi connectivity index (χ2n) is 5.95. The lowest BCUT2D eigenvalue weighted by atomic mass is 10.0. The molecule has 26 heavy (non-hydrogen) atoms. The molecule has 0 fully saturated rings. The molecule has 0 radical (unpaired) electrons. The van der Waals surface area contributed by atoms with Crippen molar-refractivity contribution >= 4 is 34.7 Å². The van der Waals surface area contributed by atoms with Crippen molar-refractivity contribution in [3.05, 3.63) is 95.1 Å². The van der Waals surface area contributed by atoms with Crippen LogP contribution in [0.15, 0.2) is 79.0 Å².